The molecule has 0 aliphatic rings. The van der Waals surface area contributed by atoms with E-state index in [0.29, 0.717) is 17.3 Å². The van der Waals surface area contributed by atoms with Gasteiger partial charge in [-0.15, -0.1) is 0 Å². The van der Waals surface area contributed by atoms with Gasteiger partial charge in [0.15, 0.2) is 6.61 Å². The first kappa shape index (κ1) is 23.7. The summed E-state index contributed by atoms with van der Waals surface area (Å²) in [6.07, 6.45) is 1.76. The van der Waals surface area contributed by atoms with Crippen molar-refractivity contribution in [2.75, 3.05) is 6.61 Å². The molecule has 0 heterocycles. The average Bonchev–Trinajstić information content (AvgIpc) is 2.76. The first-order valence-electron chi connectivity index (χ1n) is 10.4. The van der Waals surface area contributed by atoms with Gasteiger partial charge >= 0.3 is 0 Å². The third kappa shape index (κ3) is 7.06. The molecule has 6 heteroatoms. The molecule has 0 fully saturated rings. The van der Waals surface area contributed by atoms with Gasteiger partial charge in [-0.05, 0) is 62.1 Å². The Labute approximate surface area is 184 Å². The SMILES string of the molecule is CCc1ccc(OCC(=O)N(Cc2ccc(Cl)cc2)[C@@H](C)C(=O)N[C@@H](C)CC)cc1. The van der Waals surface area contributed by atoms with Crippen LogP contribution in [0.5, 0.6) is 5.75 Å². The number of hydrogen-bond acceptors (Lipinski definition) is 3. The van der Waals surface area contributed by atoms with E-state index in [1.165, 1.54) is 5.56 Å². The minimum Gasteiger partial charge on any atom is -0.484 e. The number of carbonyl (C=O) groups excluding carboxylic acids is 2. The number of benzene rings is 2. The van der Waals surface area contributed by atoms with E-state index in [1.54, 1.807) is 24.0 Å². The molecule has 1 N–H and O–H groups in total. The van der Waals surface area contributed by atoms with E-state index < -0.39 is 6.04 Å². The summed E-state index contributed by atoms with van der Waals surface area (Å²) in [5.74, 6) is 0.194. The lowest BCUT2D eigenvalue weighted by atomic mass is 10.1. The van der Waals surface area contributed by atoms with Crippen LogP contribution in [0.15, 0.2) is 48.5 Å². The van der Waals surface area contributed by atoms with Gasteiger partial charge in [-0.3, -0.25) is 9.59 Å². The highest BCUT2D eigenvalue weighted by Gasteiger charge is 2.27. The van der Waals surface area contributed by atoms with Gasteiger partial charge in [-0.1, -0.05) is 49.7 Å². The Morgan fingerprint density at radius 3 is 2.17 bits per heavy atom. The lowest BCUT2D eigenvalue weighted by Crippen LogP contribution is -2.50. The van der Waals surface area contributed by atoms with Crippen molar-refractivity contribution in [1.29, 1.82) is 0 Å². The zero-order valence-electron chi connectivity index (χ0n) is 18.2. The topological polar surface area (TPSA) is 58.6 Å². The van der Waals surface area contributed by atoms with Crippen molar-refractivity contribution in [3.63, 3.8) is 0 Å². The zero-order valence-corrected chi connectivity index (χ0v) is 18.9. The molecule has 2 aromatic carbocycles. The smallest absolute Gasteiger partial charge is 0.261 e. The van der Waals surface area contributed by atoms with Crippen molar-refractivity contribution < 1.29 is 14.3 Å². The Kier molecular flexibility index (Phi) is 9.18. The number of ether oxygens (including phenoxy) is 1. The highest BCUT2D eigenvalue weighted by atomic mass is 35.5. The van der Waals surface area contributed by atoms with Gasteiger partial charge in [0.25, 0.3) is 5.91 Å². The zero-order chi connectivity index (χ0) is 22.1. The maximum atomic E-state index is 13.0. The molecule has 0 saturated heterocycles. The predicted octanol–water partition coefficient (Wildman–Crippen LogP) is 4.61. The van der Waals surface area contributed by atoms with Crippen LogP contribution in [0.4, 0.5) is 0 Å². The lowest BCUT2D eigenvalue weighted by Gasteiger charge is -2.29. The second kappa shape index (κ2) is 11.6. The molecule has 0 aromatic heterocycles. The minimum atomic E-state index is -0.631. The third-order valence-corrected chi connectivity index (χ3v) is 5.38. The highest BCUT2D eigenvalue weighted by molar-refractivity contribution is 6.30. The van der Waals surface area contributed by atoms with E-state index in [0.717, 1.165) is 18.4 Å². The van der Waals surface area contributed by atoms with Gasteiger partial charge in [-0.2, -0.15) is 0 Å². The molecule has 0 aliphatic heterocycles. The number of aryl methyl sites for hydroxylation is 1. The summed E-state index contributed by atoms with van der Waals surface area (Å²) in [5, 5.41) is 3.57. The van der Waals surface area contributed by atoms with Crippen LogP contribution in [0.1, 0.15) is 45.2 Å². The maximum absolute atomic E-state index is 13.0. The Morgan fingerprint density at radius 2 is 1.60 bits per heavy atom. The second-order valence-electron chi connectivity index (χ2n) is 7.43. The van der Waals surface area contributed by atoms with Crippen molar-refractivity contribution in [1.82, 2.24) is 10.2 Å². The van der Waals surface area contributed by atoms with Crippen LogP contribution in [0.3, 0.4) is 0 Å². The molecule has 2 atom stereocenters. The number of nitrogens with one attached hydrogen (secondary N) is 1. The Balaban J connectivity index is 2.12. The van der Waals surface area contributed by atoms with Crippen LogP contribution < -0.4 is 10.1 Å². The van der Waals surface area contributed by atoms with E-state index in [4.69, 9.17) is 16.3 Å². The van der Waals surface area contributed by atoms with Crippen molar-refractivity contribution >= 4 is 23.4 Å². The summed E-state index contributed by atoms with van der Waals surface area (Å²) in [5.41, 5.74) is 2.09. The van der Waals surface area contributed by atoms with Gasteiger partial charge in [0.2, 0.25) is 5.91 Å². The largest absolute Gasteiger partial charge is 0.484 e. The standard InChI is InChI=1S/C24H31ClN2O3/c1-5-17(3)26-24(29)18(4)27(15-20-7-11-21(25)12-8-20)23(28)16-30-22-13-9-19(6-2)10-14-22/h7-14,17-18H,5-6,15-16H2,1-4H3,(H,26,29)/t17-,18-/m0/s1. The van der Waals surface area contributed by atoms with E-state index in [1.807, 2.05) is 50.2 Å². The molecule has 162 valence electrons. The molecule has 30 heavy (non-hydrogen) atoms. The maximum Gasteiger partial charge on any atom is 0.261 e. The fraction of sp³-hybridized carbons (Fsp3) is 0.417. The van der Waals surface area contributed by atoms with Crippen LogP contribution in [-0.4, -0.2) is 35.4 Å². The Bertz CT molecular complexity index is 821. The predicted molar refractivity (Wildman–Crippen MR) is 121 cm³/mol. The lowest BCUT2D eigenvalue weighted by molar-refractivity contribution is -0.142. The van der Waals surface area contributed by atoms with Crippen LogP contribution in [-0.2, 0) is 22.6 Å². The molecule has 2 rings (SSSR count). The summed E-state index contributed by atoms with van der Waals surface area (Å²) >= 11 is 5.97. The molecule has 0 unspecified atom stereocenters. The van der Waals surface area contributed by atoms with Gasteiger partial charge in [-0.25, -0.2) is 0 Å². The van der Waals surface area contributed by atoms with Gasteiger partial charge in [0.1, 0.15) is 11.8 Å². The van der Waals surface area contributed by atoms with E-state index in [9.17, 15) is 9.59 Å². The van der Waals surface area contributed by atoms with Gasteiger partial charge in [0.05, 0.1) is 0 Å². The molecule has 0 radical (unpaired) electrons. The average molecular weight is 431 g/mol. The summed E-state index contributed by atoms with van der Waals surface area (Å²) in [6, 6.07) is 14.3. The quantitative estimate of drug-likeness (QED) is 0.598. The Morgan fingerprint density at radius 1 is 1.00 bits per heavy atom. The number of amides is 2. The molecule has 0 saturated carbocycles. The fourth-order valence-corrected chi connectivity index (χ4v) is 3.01. The fourth-order valence-electron chi connectivity index (χ4n) is 2.88. The number of carbonyl (C=O) groups is 2. The van der Waals surface area contributed by atoms with Crippen LogP contribution in [0, 0.1) is 0 Å². The molecule has 0 bridgehead atoms. The normalized spacial score (nSPS) is 12.7. The number of halogens is 1. The van der Waals surface area contributed by atoms with Crippen LogP contribution >= 0.6 is 11.6 Å². The van der Waals surface area contributed by atoms with Gasteiger partial charge < -0.3 is 15.0 Å². The number of hydrogen-bond donors (Lipinski definition) is 1. The third-order valence-electron chi connectivity index (χ3n) is 5.13. The van der Waals surface area contributed by atoms with E-state index in [2.05, 4.69) is 12.2 Å². The molecular weight excluding hydrogens is 400 g/mol. The summed E-state index contributed by atoms with van der Waals surface area (Å²) in [7, 11) is 0. The van der Waals surface area contributed by atoms with Gasteiger partial charge in [0, 0.05) is 17.6 Å². The molecule has 2 amide bonds. The van der Waals surface area contributed by atoms with Crippen molar-refractivity contribution in [2.24, 2.45) is 0 Å². The summed E-state index contributed by atoms with van der Waals surface area (Å²) < 4.78 is 5.69. The highest BCUT2D eigenvalue weighted by Crippen LogP contribution is 2.16. The van der Waals surface area contributed by atoms with Crippen molar-refractivity contribution in [2.45, 2.75) is 59.2 Å². The number of nitrogens with zero attached hydrogens (tertiary/aromatic N) is 1. The van der Waals surface area contributed by atoms with Crippen LogP contribution in [0.2, 0.25) is 5.02 Å². The van der Waals surface area contributed by atoms with Crippen molar-refractivity contribution in [3.8, 4) is 5.75 Å². The molecule has 2 aromatic rings. The molecule has 0 aliphatic carbocycles. The second-order valence-corrected chi connectivity index (χ2v) is 7.86. The minimum absolute atomic E-state index is 0.0424. The first-order chi connectivity index (χ1) is 14.3. The molecule has 0 spiro atoms. The summed E-state index contributed by atoms with van der Waals surface area (Å²) in [6.45, 7) is 7.92. The van der Waals surface area contributed by atoms with Crippen molar-refractivity contribution in [3.05, 3.63) is 64.7 Å². The molecular formula is C24H31ClN2O3. The first-order valence-corrected chi connectivity index (χ1v) is 10.8. The summed E-state index contributed by atoms with van der Waals surface area (Å²) in [4.78, 5) is 27.2. The van der Waals surface area contributed by atoms with E-state index in [-0.39, 0.29) is 24.5 Å². The number of rotatable bonds is 10. The van der Waals surface area contributed by atoms with E-state index >= 15 is 0 Å². The monoisotopic (exact) mass is 430 g/mol. The molecule has 5 nitrogen and oxygen atoms in total. The van der Waals surface area contributed by atoms with Crippen LogP contribution in [0.25, 0.3) is 0 Å². The Hall–Kier alpha value is -2.53.